The molecule has 35 heavy (non-hydrogen) atoms. The van der Waals surface area contributed by atoms with Crippen LogP contribution in [0.2, 0.25) is 0 Å². The number of rotatable bonds is 5. The number of hydrogen-bond donors (Lipinski definition) is 2. The monoisotopic (exact) mass is 471 g/mol. The van der Waals surface area contributed by atoms with Crippen LogP contribution in [0, 0.1) is 11.6 Å². The molecular weight excluding hydrogens is 448 g/mol. The summed E-state index contributed by atoms with van der Waals surface area (Å²) in [6.45, 7) is 1.69. The number of halogens is 2. The smallest absolute Gasteiger partial charge is 0.181 e. The minimum atomic E-state index is -0.505. The van der Waals surface area contributed by atoms with Crippen LogP contribution in [-0.4, -0.2) is 48.4 Å². The fraction of sp³-hybridized carbons (Fsp3) is 0.231. The molecule has 5 aromatic rings. The van der Waals surface area contributed by atoms with Gasteiger partial charge in [0, 0.05) is 53.5 Å². The van der Waals surface area contributed by atoms with Crippen LogP contribution in [0.5, 0.6) is 0 Å². The fourth-order valence-electron chi connectivity index (χ4n) is 4.80. The number of benzene rings is 2. The number of nitrogens with zero attached hydrogens (tertiary/aromatic N) is 5. The predicted molar refractivity (Wildman–Crippen MR) is 128 cm³/mol. The van der Waals surface area contributed by atoms with Crippen molar-refractivity contribution in [1.29, 1.82) is 0 Å². The highest BCUT2D eigenvalue weighted by molar-refractivity contribution is 5.95. The summed E-state index contributed by atoms with van der Waals surface area (Å²) in [7, 11) is 0. The Bertz CT molecular complexity index is 1460. The normalized spacial score (nSPS) is 16.7. The molecule has 0 bridgehead atoms. The van der Waals surface area contributed by atoms with Crippen LogP contribution in [0.15, 0.2) is 60.9 Å². The second-order valence-corrected chi connectivity index (χ2v) is 8.89. The second-order valence-electron chi connectivity index (χ2n) is 8.89. The van der Waals surface area contributed by atoms with E-state index in [4.69, 9.17) is 4.98 Å². The molecule has 7 nitrogen and oxygen atoms in total. The van der Waals surface area contributed by atoms with Crippen molar-refractivity contribution in [2.24, 2.45) is 0 Å². The van der Waals surface area contributed by atoms with Crippen molar-refractivity contribution in [3.8, 4) is 22.6 Å². The van der Waals surface area contributed by atoms with Crippen LogP contribution in [0.4, 0.5) is 8.78 Å². The average molecular weight is 472 g/mol. The van der Waals surface area contributed by atoms with Gasteiger partial charge < -0.3 is 0 Å². The van der Waals surface area contributed by atoms with E-state index in [0.29, 0.717) is 12.4 Å². The molecule has 1 saturated heterocycles. The van der Waals surface area contributed by atoms with Crippen LogP contribution in [-0.2, 0) is 6.54 Å². The first-order valence-corrected chi connectivity index (χ1v) is 11.6. The molecule has 9 heteroatoms. The SMILES string of the molecule is Fc1cccc(F)c1CN1CCC[C@H](c2nc(-c3ccc4[nH]nc(-c5ccncc5)c4c3)n[nH]2)C1. The summed E-state index contributed by atoms with van der Waals surface area (Å²) in [5.74, 6) is 0.510. The first-order valence-electron chi connectivity index (χ1n) is 11.6. The molecule has 1 fully saturated rings. The van der Waals surface area contributed by atoms with Crippen molar-refractivity contribution in [1.82, 2.24) is 35.3 Å². The molecule has 2 aromatic carbocycles. The lowest BCUT2D eigenvalue weighted by Gasteiger charge is -2.31. The molecule has 0 amide bonds. The van der Waals surface area contributed by atoms with E-state index in [-0.39, 0.29) is 18.0 Å². The standard InChI is InChI=1S/C26H23F2N7/c27-21-4-1-5-22(28)20(21)15-35-12-2-3-18(14-35)26-30-25(33-34-26)17-6-7-23-19(13-17)24(32-31-23)16-8-10-29-11-9-16/h1,4-11,13,18H,2-3,12,14-15H2,(H,31,32)(H,30,33,34)/t18-/m0/s1. The number of pyridine rings is 1. The number of likely N-dealkylation sites (tertiary alicyclic amines) is 1. The van der Waals surface area contributed by atoms with Gasteiger partial charge in [-0.1, -0.05) is 6.07 Å². The minimum absolute atomic E-state index is 0.116. The number of aromatic amines is 2. The average Bonchev–Trinajstić information content (AvgIpc) is 3.54. The summed E-state index contributed by atoms with van der Waals surface area (Å²) < 4.78 is 28.3. The van der Waals surface area contributed by atoms with Crippen molar-refractivity contribution in [2.45, 2.75) is 25.3 Å². The maximum atomic E-state index is 14.1. The Morgan fingerprint density at radius 1 is 0.943 bits per heavy atom. The van der Waals surface area contributed by atoms with Gasteiger partial charge in [0.15, 0.2) is 5.82 Å². The first kappa shape index (κ1) is 21.5. The van der Waals surface area contributed by atoms with E-state index in [1.54, 1.807) is 12.4 Å². The van der Waals surface area contributed by atoms with Crippen molar-refractivity contribution >= 4 is 10.9 Å². The van der Waals surface area contributed by atoms with E-state index in [1.807, 2.05) is 30.3 Å². The molecule has 176 valence electrons. The number of hydrogen-bond acceptors (Lipinski definition) is 5. The summed E-state index contributed by atoms with van der Waals surface area (Å²) in [5.41, 5.74) is 3.76. The number of piperidine rings is 1. The minimum Gasteiger partial charge on any atom is -0.298 e. The van der Waals surface area contributed by atoms with E-state index in [2.05, 4.69) is 30.3 Å². The van der Waals surface area contributed by atoms with E-state index in [9.17, 15) is 8.78 Å². The Kier molecular flexibility index (Phi) is 5.54. The van der Waals surface area contributed by atoms with Crippen molar-refractivity contribution < 1.29 is 8.78 Å². The highest BCUT2D eigenvalue weighted by atomic mass is 19.1. The molecule has 1 atom stereocenters. The molecule has 0 saturated carbocycles. The first-order chi connectivity index (χ1) is 17.2. The van der Waals surface area contributed by atoms with Gasteiger partial charge in [-0.3, -0.25) is 20.1 Å². The number of aromatic nitrogens is 6. The summed E-state index contributed by atoms with van der Waals surface area (Å²) in [4.78, 5) is 11.0. The Morgan fingerprint density at radius 3 is 2.60 bits per heavy atom. The van der Waals surface area contributed by atoms with E-state index >= 15 is 0 Å². The molecule has 0 unspecified atom stereocenters. The maximum Gasteiger partial charge on any atom is 0.181 e. The van der Waals surface area contributed by atoms with Crippen LogP contribution in [0.25, 0.3) is 33.5 Å². The third kappa shape index (κ3) is 4.19. The summed E-state index contributed by atoms with van der Waals surface area (Å²) in [6, 6.07) is 13.8. The third-order valence-electron chi connectivity index (χ3n) is 6.61. The van der Waals surface area contributed by atoms with E-state index in [1.165, 1.54) is 18.2 Å². The Morgan fingerprint density at radius 2 is 1.77 bits per heavy atom. The van der Waals surface area contributed by atoms with E-state index < -0.39 is 11.6 Å². The van der Waals surface area contributed by atoms with Gasteiger partial charge in [0.1, 0.15) is 23.2 Å². The molecule has 1 aliphatic rings. The van der Waals surface area contributed by atoms with Gasteiger partial charge in [-0.2, -0.15) is 10.2 Å². The van der Waals surface area contributed by atoms with Crippen LogP contribution >= 0.6 is 0 Å². The molecular formula is C26H23F2N7. The lowest BCUT2D eigenvalue weighted by molar-refractivity contribution is 0.192. The summed E-state index contributed by atoms with van der Waals surface area (Å²) >= 11 is 0. The van der Waals surface area contributed by atoms with Gasteiger partial charge in [-0.25, -0.2) is 13.8 Å². The van der Waals surface area contributed by atoms with Gasteiger partial charge >= 0.3 is 0 Å². The van der Waals surface area contributed by atoms with Crippen LogP contribution in [0.3, 0.4) is 0 Å². The highest BCUT2D eigenvalue weighted by Crippen LogP contribution is 2.31. The molecule has 1 aliphatic heterocycles. The lowest BCUT2D eigenvalue weighted by Crippen LogP contribution is -2.34. The van der Waals surface area contributed by atoms with Gasteiger partial charge in [-0.15, -0.1) is 0 Å². The number of H-pyrrole nitrogens is 2. The molecule has 0 radical (unpaired) electrons. The van der Waals surface area contributed by atoms with Gasteiger partial charge in [-0.05, 0) is 61.9 Å². The zero-order valence-electron chi connectivity index (χ0n) is 18.9. The van der Waals surface area contributed by atoms with Crippen molar-refractivity contribution in [2.75, 3.05) is 13.1 Å². The Balaban J connectivity index is 1.23. The zero-order valence-corrected chi connectivity index (χ0v) is 18.9. The Labute approximate surface area is 200 Å². The van der Waals surface area contributed by atoms with Crippen LogP contribution < -0.4 is 0 Å². The lowest BCUT2D eigenvalue weighted by atomic mass is 9.97. The third-order valence-corrected chi connectivity index (χ3v) is 6.61. The van der Waals surface area contributed by atoms with Gasteiger partial charge in [0.25, 0.3) is 0 Å². The molecule has 6 rings (SSSR count). The fourth-order valence-corrected chi connectivity index (χ4v) is 4.80. The number of fused-ring (bicyclic) bond motifs is 1. The molecule has 3 aromatic heterocycles. The predicted octanol–water partition coefficient (Wildman–Crippen LogP) is 5.07. The molecule has 4 heterocycles. The van der Waals surface area contributed by atoms with Gasteiger partial charge in [0.2, 0.25) is 0 Å². The molecule has 0 aliphatic carbocycles. The van der Waals surface area contributed by atoms with Gasteiger partial charge in [0.05, 0.1) is 5.52 Å². The largest absolute Gasteiger partial charge is 0.298 e. The second kappa shape index (κ2) is 8.99. The maximum absolute atomic E-state index is 14.1. The highest BCUT2D eigenvalue weighted by Gasteiger charge is 2.26. The van der Waals surface area contributed by atoms with Crippen molar-refractivity contribution in [3.05, 3.63) is 83.9 Å². The topological polar surface area (TPSA) is 86.4 Å². The Hall–Kier alpha value is -3.98. The molecule has 2 N–H and O–H groups in total. The quantitative estimate of drug-likeness (QED) is 0.374. The summed E-state index contributed by atoms with van der Waals surface area (Å²) in [5, 5.41) is 16.1. The van der Waals surface area contributed by atoms with E-state index in [0.717, 1.165) is 52.9 Å². The van der Waals surface area contributed by atoms with Crippen LogP contribution in [0.1, 0.15) is 30.1 Å². The van der Waals surface area contributed by atoms with Crippen molar-refractivity contribution in [3.63, 3.8) is 0 Å². The molecule has 0 spiro atoms. The number of nitrogens with one attached hydrogen (secondary N) is 2. The summed E-state index contributed by atoms with van der Waals surface area (Å²) in [6.07, 6.45) is 5.36. The zero-order chi connectivity index (χ0) is 23.8.